The van der Waals surface area contributed by atoms with Gasteiger partial charge in [0.15, 0.2) is 0 Å². The second-order valence-electron chi connectivity index (χ2n) is 2.92. The first-order valence-electron chi connectivity index (χ1n) is 3.24. The summed E-state index contributed by atoms with van der Waals surface area (Å²) in [7, 11) is 0. The fraction of sp³-hybridized carbons (Fsp3) is 1.00. The molecule has 50 valence electrons. The molecule has 2 unspecified atom stereocenters. The van der Waals surface area contributed by atoms with E-state index in [-0.39, 0.29) is 19.8 Å². The maximum atomic E-state index is 2.53. The second kappa shape index (κ2) is 2.54. The number of alkyl halides is 3. The Balaban J connectivity index is 2.39. The van der Waals surface area contributed by atoms with Gasteiger partial charge in [-0.3, -0.25) is 0 Å². The van der Waals surface area contributed by atoms with Crippen LogP contribution in [0.2, 0.25) is 0 Å². The molecule has 1 fully saturated rings. The van der Waals surface area contributed by atoms with Crippen LogP contribution in [0.3, 0.4) is 0 Å². The Bertz CT molecular complexity index is 70.5. The zero-order valence-corrected chi connectivity index (χ0v) is 8.10. The zero-order valence-electron chi connectivity index (χ0n) is 5.95. The van der Waals surface area contributed by atoms with E-state index in [0.29, 0.717) is 0 Å². The number of hydrogen-bond acceptors (Lipinski definition) is 0. The number of halogens is 1. The van der Waals surface area contributed by atoms with Crippen LogP contribution in [0.5, 0.6) is 0 Å². The summed E-state index contributed by atoms with van der Waals surface area (Å²) in [6, 6.07) is 0. The van der Waals surface area contributed by atoms with E-state index in [1.165, 1.54) is 6.42 Å². The normalized spacial score (nSPS) is 43.1. The van der Waals surface area contributed by atoms with Gasteiger partial charge in [-0.2, -0.15) is 0 Å². The molecule has 0 aliphatic carbocycles. The fourth-order valence-corrected chi connectivity index (χ4v) is 6.67. The molecular formula is C7H15I. The molecule has 0 aromatic carbocycles. The van der Waals surface area contributed by atoms with Gasteiger partial charge in [-0.1, -0.05) is 0 Å². The molecular weight excluding hydrogens is 211 g/mol. The molecule has 1 saturated heterocycles. The summed E-state index contributed by atoms with van der Waals surface area (Å²) >= 11 is -0.354. The van der Waals surface area contributed by atoms with Crippen LogP contribution in [-0.4, -0.2) is 13.3 Å². The van der Waals surface area contributed by atoms with Crippen molar-refractivity contribution in [1.29, 1.82) is 0 Å². The molecule has 2 atom stereocenters. The molecule has 0 spiro atoms. The van der Waals surface area contributed by atoms with Gasteiger partial charge in [-0.05, 0) is 0 Å². The van der Waals surface area contributed by atoms with Crippen molar-refractivity contribution >= 4 is 19.8 Å². The molecule has 1 aliphatic heterocycles. The maximum absolute atomic E-state index is 2.53. The Morgan fingerprint density at radius 1 is 1.38 bits per heavy atom. The van der Waals surface area contributed by atoms with E-state index in [9.17, 15) is 0 Å². The summed E-state index contributed by atoms with van der Waals surface area (Å²) in [6.45, 7) is 4.84. The van der Waals surface area contributed by atoms with Crippen LogP contribution in [-0.2, 0) is 0 Å². The first-order chi connectivity index (χ1) is 3.70. The molecule has 1 aliphatic rings. The van der Waals surface area contributed by atoms with Crippen LogP contribution >= 0.6 is 19.8 Å². The van der Waals surface area contributed by atoms with Crippen molar-refractivity contribution in [3.63, 3.8) is 0 Å². The minimum absolute atomic E-state index is 0.354. The second-order valence-corrected chi connectivity index (χ2v) is 9.57. The SMILES string of the molecule is CC1CC(C)I(C)C1. The third-order valence-electron chi connectivity index (χ3n) is 1.87. The molecule has 1 heterocycles. The van der Waals surface area contributed by atoms with Crippen molar-refractivity contribution in [2.45, 2.75) is 24.2 Å². The molecule has 0 aromatic heterocycles. The van der Waals surface area contributed by atoms with Crippen LogP contribution in [0.1, 0.15) is 20.3 Å². The average Bonchev–Trinajstić information content (AvgIpc) is 1.85. The standard InChI is InChI=1S/C7H15I/c1-6-4-7(2)8(3)5-6/h6-7H,4-5H2,1-3H3. The van der Waals surface area contributed by atoms with Crippen LogP contribution in [0.4, 0.5) is 0 Å². The van der Waals surface area contributed by atoms with Gasteiger partial charge in [0.05, 0.1) is 0 Å². The number of hydrogen-bond donors (Lipinski definition) is 0. The van der Waals surface area contributed by atoms with Gasteiger partial charge in [0.1, 0.15) is 0 Å². The van der Waals surface area contributed by atoms with E-state index in [1.807, 2.05) is 0 Å². The summed E-state index contributed by atoms with van der Waals surface area (Å²) in [5, 5.41) is 0. The molecule has 0 radical (unpaired) electrons. The van der Waals surface area contributed by atoms with Gasteiger partial charge in [-0.15, -0.1) is 0 Å². The van der Waals surface area contributed by atoms with E-state index >= 15 is 0 Å². The summed E-state index contributed by atoms with van der Waals surface area (Å²) in [5.74, 6) is 1.07. The van der Waals surface area contributed by atoms with Crippen molar-refractivity contribution in [3.05, 3.63) is 0 Å². The Morgan fingerprint density at radius 3 is 2.12 bits per heavy atom. The summed E-state index contributed by atoms with van der Waals surface area (Å²) in [5.41, 5.74) is 0. The first-order valence-corrected chi connectivity index (χ1v) is 8.17. The van der Waals surface area contributed by atoms with Crippen LogP contribution in [0.25, 0.3) is 0 Å². The van der Waals surface area contributed by atoms with Crippen LogP contribution in [0, 0.1) is 5.92 Å². The molecule has 0 saturated carbocycles. The topological polar surface area (TPSA) is 0 Å². The third-order valence-corrected chi connectivity index (χ3v) is 8.90. The van der Waals surface area contributed by atoms with Crippen LogP contribution < -0.4 is 0 Å². The van der Waals surface area contributed by atoms with E-state index < -0.39 is 0 Å². The monoisotopic (exact) mass is 226 g/mol. The van der Waals surface area contributed by atoms with E-state index in [2.05, 4.69) is 18.8 Å². The van der Waals surface area contributed by atoms with Crippen molar-refractivity contribution in [1.82, 2.24) is 0 Å². The zero-order chi connectivity index (χ0) is 6.15. The van der Waals surface area contributed by atoms with Crippen molar-refractivity contribution in [3.8, 4) is 0 Å². The van der Waals surface area contributed by atoms with Crippen molar-refractivity contribution < 1.29 is 0 Å². The third kappa shape index (κ3) is 1.36. The average molecular weight is 226 g/mol. The summed E-state index contributed by atoms with van der Waals surface area (Å²) in [4.78, 5) is 2.53. The Kier molecular flexibility index (Phi) is 2.18. The van der Waals surface area contributed by atoms with Gasteiger partial charge < -0.3 is 0 Å². The Hall–Kier alpha value is 0.730. The molecule has 0 nitrogen and oxygen atoms in total. The molecule has 0 N–H and O–H groups in total. The summed E-state index contributed by atoms with van der Waals surface area (Å²) in [6.07, 6.45) is 1.53. The number of rotatable bonds is 0. The Labute approximate surface area is 59.4 Å². The first kappa shape index (κ1) is 6.84. The van der Waals surface area contributed by atoms with E-state index in [0.717, 1.165) is 9.84 Å². The van der Waals surface area contributed by atoms with Gasteiger partial charge in [-0.25, -0.2) is 0 Å². The fourth-order valence-electron chi connectivity index (χ4n) is 1.34. The van der Waals surface area contributed by atoms with E-state index in [4.69, 9.17) is 0 Å². The minimum atomic E-state index is -0.354. The Morgan fingerprint density at radius 2 is 2.00 bits per heavy atom. The predicted molar refractivity (Wildman–Crippen MR) is 48.1 cm³/mol. The van der Waals surface area contributed by atoms with Gasteiger partial charge in [0.25, 0.3) is 0 Å². The molecule has 0 amide bonds. The van der Waals surface area contributed by atoms with Crippen LogP contribution in [0.15, 0.2) is 0 Å². The molecule has 0 bridgehead atoms. The van der Waals surface area contributed by atoms with Crippen molar-refractivity contribution in [2.75, 3.05) is 9.36 Å². The van der Waals surface area contributed by atoms with Crippen molar-refractivity contribution in [2.24, 2.45) is 5.92 Å². The van der Waals surface area contributed by atoms with Gasteiger partial charge in [0.2, 0.25) is 0 Å². The molecule has 8 heavy (non-hydrogen) atoms. The quantitative estimate of drug-likeness (QED) is 0.440. The van der Waals surface area contributed by atoms with E-state index in [1.54, 1.807) is 4.43 Å². The molecule has 1 heteroatoms. The van der Waals surface area contributed by atoms with Gasteiger partial charge >= 0.3 is 59.3 Å². The molecule has 1 rings (SSSR count). The molecule has 0 aromatic rings. The van der Waals surface area contributed by atoms with Gasteiger partial charge in [0, 0.05) is 0 Å². The summed E-state index contributed by atoms with van der Waals surface area (Å²) < 4.78 is 2.76. The predicted octanol–water partition coefficient (Wildman–Crippen LogP) is 2.55.